The largest absolute Gasteiger partial charge is 0.393 e. The molecule has 5 rings (SSSR count). The maximum absolute atomic E-state index is 13.5. The zero-order valence-electron chi connectivity index (χ0n) is 24.2. The van der Waals surface area contributed by atoms with E-state index in [1.54, 1.807) is 36.4 Å². The maximum Gasteiger partial charge on any atom is 0.253 e. The Bertz CT molecular complexity index is 1480. The molecule has 1 amide bonds. The highest BCUT2D eigenvalue weighted by Gasteiger charge is 2.39. The number of sulfone groups is 1. The minimum absolute atomic E-state index is 0.00333. The molecule has 3 aromatic rings. The van der Waals surface area contributed by atoms with Gasteiger partial charge in [-0.05, 0) is 80.6 Å². The number of nitrogens with one attached hydrogen (secondary N) is 1. The summed E-state index contributed by atoms with van der Waals surface area (Å²) in [7, 11) is -3.56. The minimum Gasteiger partial charge on any atom is -0.393 e. The third-order valence-corrected chi connectivity index (χ3v) is 11.3. The van der Waals surface area contributed by atoms with E-state index in [1.807, 2.05) is 47.4 Å². The van der Waals surface area contributed by atoms with Crippen molar-refractivity contribution in [3.05, 3.63) is 100 Å². The highest BCUT2D eigenvalue weighted by Crippen LogP contribution is 2.40. The van der Waals surface area contributed by atoms with E-state index in [2.05, 4.69) is 10.2 Å². The quantitative estimate of drug-likeness (QED) is 0.307. The molecule has 0 radical (unpaired) electrons. The summed E-state index contributed by atoms with van der Waals surface area (Å²) >= 11 is 12.8. The van der Waals surface area contributed by atoms with E-state index in [4.69, 9.17) is 23.2 Å². The summed E-state index contributed by atoms with van der Waals surface area (Å²) in [4.78, 5) is 17.9. The molecule has 230 valence electrons. The van der Waals surface area contributed by atoms with E-state index in [9.17, 15) is 18.3 Å². The first-order valence-corrected chi connectivity index (χ1v) is 17.3. The van der Waals surface area contributed by atoms with Crippen molar-refractivity contribution in [2.45, 2.75) is 54.7 Å². The molecule has 10 heteroatoms. The van der Waals surface area contributed by atoms with Gasteiger partial charge in [0.2, 0.25) is 0 Å². The number of aliphatic hydroxyl groups is 1. The lowest BCUT2D eigenvalue weighted by atomic mass is 9.71. The summed E-state index contributed by atoms with van der Waals surface area (Å²) in [6.07, 6.45) is 2.77. The van der Waals surface area contributed by atoms with Crippen LogP contribution in [-0.4, -0.2) is 80.0 Å². The van der Waals surface area contributed by atoms with Crippen molar-refractivity contribution in [2.75, 3.05) is 38.5 Å². The Morgan fingerprint density at radius 3 is 2.30 bits per heavy atom. The fraction of sp³-hybridized carbons (Fsp3) is 0.424. The summed E-state index contributed by atoms with van der Waals surface area (Å²) in [5.74, 6) is -0.0812. The van der Waals surface area contributed by atoms with Gasteiger partial charge in [-0.1, -0.05) is 65.7 Å². The number of benzene rings is 3. The van der Waals surface area contributed by atoms with Crippen LogP contribution in [0.25, 0.3) is 0 Å². The topological polar surface area (TPSA) is 90.0 Å². The van der Waals surface area contributed by atoms with Crippen molar-refractivity contribution >= 4 is 38.9 Å². The molecule has 2 aliphatic rings. The van der Waals surface area contributed by atoms with Gasteiger partial charge in [0.1, 0.15) is 0 Å². The number of nitrogens with zero attached hydrogens (tertiary/aromatic N) is 2. The van der Waals surface area contributed by atoms with Crippen LogP contribution in [0.1, 0.15) is 48.0 Å². The SMILES string of the molecule is O=C(c1ccccc1)N1CCCC(CCNC(CS(=O)(=O)c2ccccc2)N2CCC(O)CC2)(c2ccc(Cl)c(Cl)c2)C1. The smallest absolute Gasteiger partial charge is 0.253 e. The highest BCUT2D eigenvalue weighted by molar-refractivity contribution is 7.91. The molecule has 0 aliphatic carbocycles. The van der Waals surface area contributed by atoms with Crippen LogP contribution in [-0.2, 0) is 15.3 Å². The molecule has 3 aromatic carbocycles. The second kappa shape index (κ2) is 14.1. The van der Waals surface area contributed by atoms with Gasteiger partial charge in [-0.15, -0.1) is 0 Å². The van der Waals surface area contributed by atoms with E-state index < -0.39 is 21.4 Å². The Morgan fingerprint density at radius 2 is 1.63 bits per heavy atom. The summed E-state index contributed by atoms with van der Waals surface area (Å²) in [5, 5.41) is 14.6. The van der Waals surface area contributed by atoms with Gasteiger partial charge in [0.05, 0.1) is 33.0 Å². The average molecular weight is 645 g/mol. The van der Waals surface area contributed by atoms with Crippen molar-refractivity contribution in [3.63, 3.8) is 0 Å². The molecule has 2 unspecified atom stereocenters. The van der Waals surface area contributed by atoms with Gasteiger partial charge >= 0.3 is 0 Å². The number of likely N-dealkylation sites (tertiary alicyclic amines) is 2. The van der Waals surface area contributed by atoms with Gasteiger partial charge in [0.25, 0.3) is 5.91 Å². The second-order valence-electron chi connectivity index (χ2n) is 11.7. The van der Waals surface area contributed by atoms with Gasteiger partial charge in [0.15, 0.2) is 9.84 Å². The lowest BCUT2D eigenvalue weighted by Gasteiger charge is -2.44. The van der Waals surface area contributed by atoms with Gasteiger partial charge in [-0.2, -0.15) is 0 Å². The normalized spacial score (nSPS) is 21.0. The van der Waals surface area contributed by atoms with Crippen LogP contribution in [0.15, 0.2) is 83.8 Å². The number of carbonyl (C=O) groups excluding carboxylic acids is 1. The number of amides is 1. The molecule has 7 nitrogen and oxygen atoms in total. The van der Waals surface area contributed by atoms with E-state index in [1.165, 1.54) is 0 Å². The molecule has 0 spiro atoms. The van der Waals surface area contributed by atoms with E-state index in [-0.39, 0.29) is 17.8 Å². The molecule has 2 atom stereocenters. The van der Waals surface area contributed by atoms with Crippen LogP contribution in [0.5, 0.6) is 0 Å². The molecular weight excluding hydrogens is 605 g/mol. The number of piperidine rings is 2. The Kier molecular flexibility index (Phi) is 10.5. The molecule has 43 heavy (non-hydrogen) atoms. The minimum atomic E-state index is -3.56. The molecule has 2 saturated heterocycles. The molecular formula is C33H39Cl2N3O4S. The standard InChI is InChI=1S/C33H39Cl2N3O4S/c34-29-13-12-26(22-30(29)35)33(16-7-19-38(24-33)32(40)25-8-3-1-4-9-25)17-18-36-31(37-20-14-27(39)15-21-37)23-43(41,42)28-10-5-2-6-11-28/h1-6,8-13,22,27,31,36,39H,7,14-21,23-24H2. The lowest BCUT2D eigenvalue weighted by Crippen LogP contribution is -2.55. The first-order valence-electron chi connectivity index (χ1n) is 14.9. The van der Waals surface area contributed by atoms with E-state index in [0.29, 0.717) is 72.5 Å². The van der Waals surface area contributed by atoms with Crippen LogP contribution in [0, 0.1) is 0 Å². The van der Waals surface area contributed by atoms with Crippen molar-refractivity contribution in [2.24, 2.45) is 0 Å². The van der Waals surface area contributed by atoms with Gasteiger partial charge in [0, 0.05) is 37.2 Å². The number of rotatable bonds is 10. The number of halogens is 2. The van der Waals surface area contributed by atoms with Crippen LogP contribution in [0.3, 0.4) is 0 Å². The Morgan fingerprint density at radius 1 is 0.953 bits per heavy atom. The zero-order valence-corrected chi connectivity index (χ0v) is 26.5. The van der Waals surface area contributed by atoms with Crippen LogP contribution in [0.2, 0.25) is 10.0 Å². The first-order chi connectivity index (χ1) is 20.7. The molecule has 0 bridgehead atoms. The van der Waals surface area contributed by atoms with Crippen LogP contribution < -0.4 is 5.32 Å². The number of hydrogen-bond acceptors (Lipinski definition) is 6. The fourth-order valence-electron chi connectivity index (χ4n) is 6.38. The van der Waals surface area contributed by atoms with E-state index >= 15 is 0 Å². The Hall–Kier alpha value is -2.46. The highest BCUT2D eigenvalue weighted by atomic mass is 35.5. The predicted octanol–water partition coefficient (Wildman–Crippen LogP) is 5.40. The van der Waals surface area contributed by atoms with Crippen molar-refractivity contribution in [1.82, 2.24) is 15.1 Å². The first kappa shape index (κ1) is 31.9. The summed E-state index contributed by atoms with van der Waals surface area (Å²) in [6, 6.07) is 23.6. The zero-order chi connectivity index (χ0) is 30.5. The third kappa shape index (κ3) is 7.80. The van der Waals surface area contributed by atoms with E-state index in [0.717, 1.165) is 18.4 Å². The second-order valence-corrected chi connectivity index (χ2v) is 14.5. The maximum atomic E-state index is 13.5. The van der Waals surface area contributed by atoms with Gasteiger partial charge < -0.3 is 15.3 Å². The molecule has 2 aliphatic heterocycles. The van der Waals surface area contributed by atoms with Crippen LogP contribution in [0.4, 0.5) is 0 Å². The average Bonchev–Trinajstić information content (AvgIpc) is 3.03. The van der Waals surface area contributed by atoms with Gasteiger partial charge in [-0.3, -0.25) is 9.69 Å². The lowest BCUT2D eigenvalue weighted by molar-refractivity contribution is 0.0537. The molecule has 2 N–H and O–H groups in total. The predicted molar refractivity (Wildman–Crippen MR) is 171 cm³/mol. The molecule has 0 aromatic heterocycles. The van der Waals surface area contributed by atoms with Crippen molar-refractivity contribution < 1.29 is 18.3 Å². The monoisotopic (exact) mass is 643 g/mol. The summed E-state index contributed by atoms with van der Waals surface area (Å²) < 4.78 is 26.9. The number of aliphatic hydroxyl groups excluding tert-OH is 1. The Balaban J connectivity index is 1.38. The molecule has 2 fully saturated rings. The van der Waals surface area contributed by atoms with Crippen molar-refractivity contribution in [3.8, 4) is 0 Å². The molecule has 0 saturated carbocycles. The number of carbonyl (C=O) groups is 1. The van der Waals surface area contributed by atoms with Gasteiger partial charge in [-0.25, -0.2) is 8.42 Å². The third-order valence-electron chi connectivity index (χ3n) is 8.82. The van der Waals surface area contributed by atoms with Crippen molar-refractivity contribution in [1.29, 1.82) is 0 Å². The Labute approximate surface area is 264 Å². The summed E-state index contributed by atoms with van der Waals surface area (Å²) in [5.41, 5.74) is 1.28. The summed E-state index contributed by atoms with van der Waals surface area (Å²) in [6.45, 7) is 2.93. The van der Waals surface area contributed by atoms with Crippen LogP contribution >= 0.6 is 23.2 Å². The fourth-order valence-corrected chi connectivity index (χ4v) is 8.19. The molecule has 2 heterocycles. The number of hydrogen-bond donors (Lipinski definition) is 2.